The van der Waals surface area contributed by atoms with E-state index in [0.717, 1.165) is 37.0 Å². The lowest BCUT2D eigenvalue weighted by Crippen LogP contribution is -2.63. The number of anilines is 1. The van der Waals surface area contributed by atoms with Gasteiger partial charge in [-0.1, -0.05) is 49.1 Å². The summed E-state index contributed by atoms with van der Waals surface area (Å²) in [6, 6.07) is 5.62. The second kappa shape index (κ2) is 11.4. The zero-order valence-corrected chi connectivity index (χ0v) is 24.6. The number of carbonyl (C=O) groups excluding carboxylic acids is 2. The first-order valence-electron chi connectivity index (χ1n) is 13.9. The highest BCUT2D eigenvalue weighted by Gasteiger charge is 2.56. The Morgan fingerprint density at radius 2 is 1.90 bits per heavy atom. The standard InChI is InChI=1S/C31H40F2N3O2P/c1-6-8-10-24(19(3)7-2)30(17-31(33,39)18-30)35-28(37)21(5)27-20(4)26(25-11-9-16-36(25)27)29(38)34-23-14-12-22(32)13-15-23/h10,12-15,19H,5-9,11,16-18,39H2,1-4H3,(H,34,38)(H,35,37)/b24-10+. The third-order valence-electron chi connectivity index (χ3n) is 8.19. The molecule has 2 amide bonds. The maximum absolute atomic E-state index is 15.0. The molecule has 0 bridgehead atoms. The van der Waals surface area contributed by atoms with Gasteiger partial charge >= 0.3 is 0 Å². The van der Waals surface area contributed by atoms with Crippen LogP contribution in [0.4, 0.5) is 14.5 Å². The average Bonchev–Trinajstić information content (AvgIpc) is 3.43. The summed E-state index contributed by atoms with van der Waals surface area (Å²) in [4.78, 5) is 27.1. The van der Waals surface area contributed by atoms with Crippen molar-refractivity contribution in [2.45, 2.75) is 90.1 Å². The van der Waals surface area contributed by atoms with E-state index in [1.54, 1.807) is 0 Å². The number of carbonyl (C=O) groups is 2. The Morgan fingerprint density at radius 1 is 1.23 bits per heavy atom. The van der Waals surface area contributed by atoms with Crippen LogP contribution in [0.5, 0.6) is 0 Å². The van der Waals surface area contributed by atoms with Crippen molar-refractivity contribution in [1.82, 2.24) is 9.88 Å². The van der Waals surface area contributed by atoms with Crippen LogP contribution in [0.3, 0.4) is 0 Å². The zero-order valence-electron chi connectivity index (χ0n) is 23.4. The van der Waals surface area contributed by atoms with Crippen molar-refractivity contribution in [2.75, 3.05) is 5.32 Å². The second-order valence-corrected chi connectivity index (χ2v) is 12.2. The molecule has 1 aliphatic heterocycles. The number of aromatic nitrogens is 1. The summed E-state index contributed by atoms with van der Waals surface area (Å²) in [6.07, 6.45) is 6.86. The quantitative estimate of drug-likeness (QED) is 0.186. The van der Waals surface area contributed by atoms with Crippen LogP contribution < -0.4 is 10.6 Å². The van der Waals surface area contributed by atoms with Gasteiger partial charge in [-0.3, -0.25) is 9.59 Å². The first-order chi connectivity index (χ1) is 18.4. The Morgan fingerprint density at radius 3 is 2.49 bits per heavy atom. The van der Waals surface area contributed by atoms with Crippen molar-refractivity contribution >= 4 is 32.3 Å². The van der Waals surface area contributed by atoms with Crippen molar-refractivity contribution in [3.8, 4) is 0 Å². The molecular formula is C31H40F2N3O2P. The topological polar surface area (TPSA) is 63.1 Å². The molecular weight excluding hydrogens is 515 g/mol. The van der Waals surface area contributed by atoms with E-state index >= 15 is 0 Å². The van der Waals surface area contributed by atoms with Gasteiger partial charge in [-0.15, -0.1) is 0 Å². The van der Waals surface area contributed by atoms with Gasteiger partial charge in [0, 0.05) is 30.8 Å². The van der Waals surface area contributed by atoms with Crippen LogP contribution >= 0.6 is 9.24 Å². The zero-order chi connectivity index (χ0) is 28.5. The van der Waals surface area contributed by atoms with E-state index in [0.29, 0.717) is 35.5 Å². The summed E-state index contributed by atoms with van der Waals surface area (Å²) in [5, 5.41) is 4.63. The molecule has 2 unspecified atom stereocenters. The van der Waals surface area contributed by atoms with Gasteiger partial charge in [0.05, 0.1) is 22.4 Å². The van der Waals surface area contributed by atoms with Crippen LogP contribution in [0.15, 0.2) is 42.5 Å². The molecule has 1 fully saturated rings. The largest absolute Gasteiger partial charge is 0.343 e. The number of hydrogen-bond donors (Lipinski definition) is 2. The molecule has 2 atom stereocenters. The maximum atomic E-state index is 15.0. The normalized spacial score (nSPS) is 23.1. The highest BCUT2D eigenvalue weighted by molar-refractivity contribution is 7.18. The first-order valence-corrected chi connectivity index (χ1v) is 14.5. The van der Waals surface area contributed by atoms with Crippen LogP contribution in [0.25, 0.3) is 5.57 Å². The molecule has 1 aliphatic carbocycles. The van der Waals surface area contributed by atoms with E-state index in [9.17, 15) is 18.4 Å². The average molecular weight is 556 g/mol. The number of allylic oxidation sites excluding steroid dienone is 1. The number of rotatable bonds is 10. The van der Waals surface area contributed by atoms with E-state index in [2.05, 4.69) is 53.3 Å². The second-order valence-electron chi connectivity index (χ2n) is 11.2. The molecule has 1 aromatic heterocycles. The number of fused-ring (bicyclic) bond motifs is 1. The van der Waals surface area contributed by atoms with Gasteiger partial charge in [-0.05, 0) is 73.9 Å². The molecule has 1 saturated carbocycles. The minimum Gasteiger partial charge on any atom is -0.343 e. The van der Waals surface area contributed by atoms with Crippen LogP contribution in [-0.4, -0.2) is 27.3 Å². The fourth-order valence-electron chi connectivity index (χ4n) is 6.24. The molecule has 5 nitrogen and oxygen atoms in total. The molecule has 8 heteroatoms. The summed E-state index contributed by atoms with van der Waals surface area (Å²) in [5.41, 5.74) is 3.79. The smallest absolute Gasteiger partial charge is 0.257 e. The van der Waals surface area contributed by atoms with Crippen LogP contribution in [-0.2, 0) is 17.8 Å². The molecule has 0 saturated heterocycles. The van der Waals surface area contributed by atoms with E-state index < -0.39 is 10.9 Å². The van der Waals surface area contributed by atoms with Crippen LogP contribution in [0, 0.1) is 18.7 Å². The van der Waals surface area contributed by atoms with Gasteiger partial charge < -0.3 is 15.2 Å². The lowest BCUT2D eigenvalue weighted by molar-refractivity contribution is -0.119. The Kier molecular flexibility index (Phi) is 8.51. The summed E-state index contributed by atoms with van der Waals surface area (Å²) < 4.78 is 30.3. The van der Waals surface area contributed by atoms with Gasteiger partial charge in [0.15, 0.2) is 0 Å². The van der Waals surface area contributed by atoms with Crippen molar-refractivity contribution in [3.63, 3.8) is 0 Å². The SMILES string of the molecule is C=C(C(=O)NC1(/C(=C/CCC)C(C)CC)CC(F)(P)C1)c1c(C)c(C(=O)Nc2ccc(F)cc2)c2n1CCC2. The first kappa shape index (κ1) is 29.2. The molecule has 0 spiro atoms. The van der Waals surface area contributed by atoms with Gasteiger partial charge in [-0.2, -0.15) is 0 Å². The number of alkyl halides is 1. The minimum absolute atomic E-state index is 0.195. The minimum atomic E-state index is -1.43. The number of nitrogens with zero attached hydrogens (tertiary/aromatic N) is 1. The molecule has 1 aromatic carbocycles. The molecule has 210 valence electrons. The molecule has 4 rings (SSSR count). The summed E-state index contributed by atoms with van der Waals surface area (Å²) >= 11 is 0. The van der Waals surface area contributed by atoms with Gasteiger partial charge in [0.25, 0.3) is 11.8 Å². The summed E-state index contributed by atoms with van der Waals surface area (Å²) in [7, 11) is 2.30. The predicted molar refractivity (Wildman–Crippen MR) is 157 cm³/mol. The van der Waals surface area contributed by atoms with E-state index in [4.69, 9.17) is 0 Å². The third-order valence-corrected chi connectivity index (χ3v) is 8.60. The molecule has 2 heterocycles. The lowest BCUT2D eigenvalue weighted by atomic mass is 9.65. The number of benzene rings is 1. The highest BCUT2D eigenvalue weighted by Crippen LogP contribution is 2.54. The van der Waals surface area contributed by atoms with Gasteiger partial charge in [0.2, 0.25) is 0 Å². The van der Waals surface area contributed by atoms with Crippen molar-refractivity contribution in [3.05, 3.63) is 70.8 Å². The van der Waals surface area contributed by atoms with Gasteiger partial charge in [-0.25, -0.2) is 8.78 Å². The fourth-order valence-corrected chi connectivity index (χ4v) is 6.94. The number of nitrogens with one attached hydrogen (secondary N) is 2. The third kappa shape index (κ3) is 5.75. The predicted octanol–water partition coefficient (Wildman–Crippen LogP) is 7.11. The molecule has 2 aromatic rings. The summed E-state index contributed by atoms with van der Waals surface area (Å²) in [6.45, 7) is 13.0. The molecule has 2 N–H and O–H groups in total. The maximum Gasteiger partial charge on any atom is 0.257 e. The fraction of sp³-hybridized carbons (Fsp3) is 0.484. The molecule has 0 radical (unpaired) electrons. The lowest BCUT2D eigenvalue weighted by Gasteiger charge is -2.53. The van der Waals surface area contributed by atoms with Crippen molar-refractivity contribution in [2.24, 2.45) is 5.92 Å². The number of halogens is 2. The number of unbranched alkanes of at least 4 members (excludes halogenated alkanes) is 1. The van der Waals surface area contributed by atoms with Gasteiger partial charge in [0.1, 0.15) is 11.2 Å². The van der Waals surface area contributed by atoms with E-state index in [1.165, 1.54) is 24.3 Å². The summed E-state index contributed by atoms with van der Waals surface area (Å²) in [5.74, 6) is -0.823. The van der Waals surface area contributed by atoms with Crippen LogP contribution in [0.1, 0.15) is 86.6 Å². The molecule has 2 aliphatic rings. The Labute approximate surface area is 232 Å². The Hall–Kier alpha value is -2.79. The highest BCUT2D eigenvalue weighted by atomic mass is 31.0. The Bertz CT molecular complexity index is 1300. The van der Waals surface area contributed by atoms with Crippen molar-refractivity contribution < 1.29 is 18.4 Å². The van der Waals surface area contributed by atoms with E-state index in [-0.39, 0.29) is 42.0 Å². The van der Waals surface area contributed by atoms with E-state index in [1.807, 2.05) is 11.5 Å². The number of amides is 2. The molecule has 39 heavy (non-hydrogen) atoms. The van der Waals surface area contributed by atoms with Crippen LogP contribution in [0.2, 0.25) is 0 Å². The Balaban J connectivity index is 1.64. The monoisotopic (exact) mass is 555 g/mol. The number of hydrogen-bond acceptors (Lipinski definition) is 2. The van der Waals surface area contributed by atoms with Crippen molar-refractivity contribution in [1.29, 1.82) is 0 Å².